The van der Waals surface area contributed by atoms with E-state index in [1.165, 1.54) is 31.2 Å². The largest absolute Gasteiger partial charge is 0.500 e. The van der Waals surface area contributed by atoms with Gasteiger partial charge in [-0.25, -0.2) is 5.43 Å². The van der Waals surface area contributed by atoms with E-state index in [2.05, 4.69) is 10.5 Å². The summed E-state index contributed by atoms with van der Waals surface area (Å²) in [5.41, 5.74) is 2.14. The number of rotatable bonds is 7. The second-order valence-corrected chi connectivity index (χ2v) is 7.15. The van der Waals surface area contributed by atoms with Crippen molar-refractivity contribution in [1.29, 1.82) is 0 Å². The number of ether oxygens (including phenoxy) is 1. The number of thioether (sulfide) groups is 1. The molecule has 2 rings (SSSR count). The van der Waals surface area contributed by atoms with Gasteiger partial charge in [-0.15, -0.1) is 11.8 Å². The van der Waals surface area contributed by atoms with Gasteiger partial charge in [0.2, 0.25) is 5.75 Å². The highest BCUT2D eigenvalue weighted by Crippen LogP contribution is 2.36. The maximum Gasteiger partial charge on any atom is 0.315 e. The van der Waals surface area contributed by atoms with Crippen LogP contribution in [0.5, 0.6) is 11.5 Å². The fourth-order valence-corrected chi connectivity index (χ4v) is 3.00. The Hall–Kier alpha value is -2.78. The molecule has 2 aromatic rings. The number of carbonyl (C=O) groups excluding carboxylic acids is 1. The van der Waals surface area contributed by atoms with Crippen LogP contribution in [-0.2, 0) is 4.79 Å². The Morgan fingerprint density at radius 3 is 2.67 bits per heavy atom. The molecule has 0 aliphatic heterocycles. The predicted molar refractivity (Wildman–Crippen MR) is 104 cm³/mol. The number of hydrogen-bond donors (Lipinski definition) is 2. The van der Waals surface area contributed by atoms with E-state index in [4.69, 9.17) is 16.3 Å². The van der Waals surface area contributed by atoms with Gasteiger partial charge in [0, 0.05) is 21.5 Å². The third-order valence-electron chi connectivity index (χ3n) is 3.38. The molecule has 1 atom stereocenters. The minimum atomic E-state index is -0.737. The Kier molecular flexibility index (Phi) is 7.03. The van der Waals surface area contributed by atoms with Crippen molar-refractivity contribution in [2.75, 3.05) is 7.11 Å². The second-order valence-electron chi connectivity index (χ2n) is 5.30. The van der Waals surface area contributed by atoms with Gasteiger partial charge in [0.15, 0.2) is 5.75 Å². The Morgan fingerprint density at radius 1 is 1.41 bits per heavy atom. The number of phenols is 1. The zero-order valence-corrected chi connectivity index (χ0v) is 16.0. The highest BCUT2D eigenvalue weighted by atomic mass is 35.5. The molecule has 0 saturated carbocycles. The fourth-order valence-electron chi connectivity index (χ4n) is 2.02. The first-order valence-electron chi connectivity index (χ1n) is 7.62. The van der Waals surface area contributed by atoms with Crippen molar-refractivity contribution in [1.82, 2.24) is 5.43 Å². The number of nitro benzene ring substituents is 1. The Labute approximate surface area is 164 Å². The summed E-state index contributed by atoms with van der Waals surface area (Å²) in [5, 5.41) is 24.7. The van der Waals surface area contributed by atoms with Gasteiger partial charge in [-0.05, 0) is 37.3 Å². The van der Waals surface area contributed by atoms with Crippen LogP contribution in [0.1, 0.15) is 12.5 Å². The van der Waals surface area contributed by atoms with E-state index in [9.17, 15) is 20.0 Å². The quantitative estimate of drug-likeness (QED) is 0.312. The van der Waals surface area contributed by atoms with Gasteiger partial charge in [-0.2, -0.15) is 5.10 Å². The van der Waals surface area contributed by atoms with Crippen molar-refractivity contribution in [2.45, 2.75) is 17.1 Å². The molecule has 0 saturated heterocycles. The van der Waals surface area contributed by atoms with Gasteiger partial charge >= 0.3 is 5.69 Å². The monoisotopic (exact) mass is 409 g/mol. The third kappa shape index (κ3) is 5.60. The summed E-state index contributed by atoms with van der Waals surface area (Å²) in [6.45, 7) is 1.72. The predicted octanol–water partition coefficient (Wildman–Crippen LogP) is 3.59. The van der Waals surface area contributed by atoms with E-state index >= 15 is 0 Å². The summed E-state index contributed by atoms with van der Waals surface area (Å²) in [4.78, 5) is 23.2. The molecule has 27 heavy (non-hydrogen) atoms. The second kappa shape index (κ2) is 9.24. The highest BCUT2D eigenvalue weighted by molar-refractivity contribution is 8.00. The Morgan fingerprint density at radius 2 is 2.07 bits per heavy atom. The van der Waals surface area contributed by atoms with E-state index in [-0.39, 0.29) is 17.2 Å². The molecule has 0 aliphatic carbocycles. The summed E-state index contributed by atoms with van der Waals surface area (Å²) in [7, 11) is 1.27. The lowest BCUT2D eigenvalue weighted by Gasteiger charge is -2.09. The van der Waals surface area contributed by atoms with Crippen molar-refractivity contribution < 1.29 is 19.6 Å². The van der Waals surface area contributed by atoms with Crippen LogP contribution in [0.25, 0.3) is 0 Å². The zero-order valence-electron chi connectivity index (χ0n) is 14.4. The molecule has 0 fully saturated rings. The minimum absolute atomic E-state index is 0.0661. The molecule has 1 amide bonds. The van der Waals surface area contributed by atoms with Crippen molar-refractivity contribution in [3.05, 3.63) is 57.1 Å². The van der Waals surface area contributed by atoms with E-state index in [0.29, 0.717) is 5.02 Å². The number of phenolic OH excluding ortho intramolecular Hbond substituents is 1. The van der Waals surface area contributed by atoms with Crippen LogP contribution in [0.15, 0.2) is 46.4 Å². The third-order valence-corrected chi connectivity index (χ3v) is 4.74. The molecule has 0 heterocycles. The summed E-state index contributed by atoms with van der Waals surface area (Å²) in [6.07, 6.45) is 1.23. The number of halogens is 1. The highest BCUT2D eigenvalue weighted by Gasteiger charge is 2.19. The van der Waals surface area contributed by atoms with Gasteiger partial charge in [0.1, 0.15) is 0 Å². The average molecular weight is 410 g/mol. The van der Waals surface area contributed by atoms with E-state index in [0.717, 1.165) is 11.0 Å². The number of aromatic hydroxyl groups is 1. The van der Waals surface area contributed by atoms with Crippen molar-refractivity contribution in [3.63, 3.8) is 0 Å². The number of benzene rings is 2. The summed E-state index contributed by atoms with van der Waals surface area (Å²) in [5.74, 6) is -0.980. The zero-order chi connectivity index (χ0) is 20.0. The SMILES string of the molecule is COc1cc(/C=N\NC(=O)[C@H](C)Sc2ccc(Cl)cc2)cc([N+](=O)[O-])c1O. The number of nitro groups is 1. The molecule has 8 nitrogen and oxygen atoms in total. The number of hydrazone groups is 1. The molecule has 2 aromatic carbocycles. The summed E-state index contributed by atoms with van der Waals surface area (Å²) < 4.78 is 4.90. The Balaban J connectivity index is 2.03. The number of nitrogens with zero attached hydrogens (tertiary/aromatic N) is 2. The van der Waals surface area contributed by atoms with Crippen molar-refractivity contribution in [2.24, 2.45) is 5.10 Å². The van der Waals surface area contributed by atoms with Gasteiger partial charge in [-0.1, -0.05) is 11.6 Å². The molecular weight excluding hydrogens is 394 g/mol. The average Bonchev–Trinajstić information content (AvgIpc) is 2.64. The fraction of sp³-hybridized carbons (Fsp3) is 0.176. The molecule has 0 bridgehead atoms. The number of amides is 1. The van der Waals surface area contributed by atoms with Gasteiger partial charge < -0.3 is 9.84 Å². The van der Waals surface area contributed by atoms with E-state index in [1.54, 1.807) is 19.1 Å². The normalized spacial score (nSPS) is 12.0. The summed E-state index contributed by atoms with van der Waals surface area (Å²) >= 11 is 7.16. The maximum atomic E-state index is 12.1. The van der Waals surface area contributed by atoms with Gasteiger partial charge in [0.05, 0.1) is 23.5 Å². The Bertz CT molecular complexity index is 874. The molecular formula is C17H16ClN3O5S. The molecule has 0 unspecified atom stereocenters. The van der Waals surface area contributed by atoms with Crippen LogP contribution in [0.2, 0.25) is 5.02 Å². The smallest absolute Gasteiger partial charge is 0.315 e. The standard InChI is InChI=1S/C17H16ClN3O5S/c1-10(27-13-5-3-12(18)4-6-13)17(23)20-19-9-11-7-14(21(24)25)16(22)15(8-11)26-2/h3-10,22H,1-2H3,(H,20,23)/b19-9-/t10-/m0/s1. The number of carbonyl (C=O) groups is 1. The van der Waals surface area contributed by atoms with Crippen LogP contribution in [0.4, 0.5) is 5.69 Å². The maximum absolute atomic E-state index is 12.1. The molecule has 142 valence electrons. The molecule has 0 radical (unpaired) electrons. The molecule has 0 aliphatic rings. The van der Waals surface area contributed by atoms with E-state index in [1.807, 2.05) is 12.1 Å². The van der Waals surface area contributed by atoms with Crippen LogP contribution >= 0.6 is 23.4 Å². The topological polar surface area (TPSA) is 114 Å². The van der Waals surface area contributed by atoms with Gasteiger partial charge in [0.25, 0.3) is 5.91 Å². The first kappa shape index (κ1) is 20.5. The number of methoxy groups -OCH3 is 1. The molecule has 2 N–H and O–H groups in total. The number of nitrogens with one attached hydrogen (secondary N) is 1. The minimum Gasteiger partial charge on any atom is -0.500 e. The lowest BCUT2D eigenvalue weighted by atomic mass is 10.2. The molecule has 0 aromatic heterocycles. The van der Waals surface area contributed by atoms with Crippen molar-refractivity contribution in [3.8, 4) is 11.5 Å². The van der Waals surface area contributed by atoms with Crippen LogP contribution < -0.4 is 10.2 Å². The van der Waals surface area contributed by atoms with Crippen LogP contribution in [0, 0.1) is 10.1 Å². The molecule has 10 heteroatoms. The van der Waals surface area contributed by atoms with E-state index < -0.39 is 21.6 Å². The first-order valence-corrected chi connectivity index (χ1v) is 8.88. The lowest BCUT2D eigenvalue weighted by Crippen LogP contribution is -2.26. The summed E-state index contributed by atoms with van der Waals surface area (Å²) in [6, 6.07) is 9.57. The van der Waals surface area contributed by atoms with Gasteiger partial charge in [-0.3, -0.25) is 14.9 Å². The molecule has 0 spiro atoms. The van der Waals surface area contributed by atoms with Crippen LogP contribution in [0.3, 0.4) is 0 Å². The number of hydrogen-bond acceptors (Lipinski definition) is 7. The van der Waals surface area contributed by atoms with Crippen LogP contribution in [-0.4, -0.2) is 34.5 Å². The first-order chi connectivity index (χ1) is 12.8. The van der Waals surface area contributed by atoms with Crippen molar-refractivity contribution >= 4 is 41.2 Å². The lowest BCUT2D eigenvalue weighted by molar-refractivity contribution is -0.386.